The lowest BCUT2D eigenvalue weighted by atomic mass is 9.98. The molecule has 0 aliphatic carbocycles. The molecule has 0 spiro atoms. The van der Waals surface area contributed by atoms with E-state index in [0.717, 1.165) is 45.0 Å². The maximum absolute atomic E-state index is 5.23. The van der Waals surface area contributed by atoms with Crippen molar-refractivity contribution in [2.75, 3.05) is 0 Å². The van der Waals surface area contributed by atoms with Crippen LogP contribution in [0.4, 0.5) is 0 Å². The Morgan fingerprint density at radius 3 is 0.962 bits per heavy atom. The first-order chi connectivity index (χ1) is 51.7. The normalized spacial score (nSPS) is 8.44. The first-order valence-corrected chi connectivity index (χ1v) is 31.4. The van der Waals surface area contributed by atoms with Crippen LogP contribution in [0.3, 0.4) is 0 Å². The molecule has 0 radical (unpaired) electrons. The zero-order valence-electron chi connectivity index (χ0n) is 54.9. The molecule has 3 heterocycles. The number of fused-ring (bicyclic) bond motifs is 7. The lowest BCUT2D eigenvalue weighted by molar-refractivity contribution is 1.17. The Morgan fingerprint density at radius 2 is 0.529 bits per heavy atom. The zero-order chi connectivity index (χ0) is 71.3. The summed E-state index contributed by atoms with van der Waals surface area (Å²) in [7, 11) is 0. The molecule has 0 saturated carbocycles. The van der Waals surface area contributed by atoms with Crippen LogP contribution in [-0.4, -0.2) is 19.1 Å². The Morgan fingerprint density at radius 1 is 0.212 bits per heavy atom. The molecule has 0 amide bonds. The second-order valence-electron chi connectivity index (χ2n) is 20.8. The fourth-order valence-corrected chi connectivity index (χ4v) is 10.4. The molecule has 460 valence electrons. The van der Waals surface area contributed by atoms with Gasteiger partial charge in [0.05, 0.1) is 33.5 Å². The third-order valence-electron chi connectivity index (χ3n) is 14.6. The van der Waals surface area contributed by atoms with Gasteiger partial charge in [0.1, 0.15) is 0 Å². The van der Waals surface area contributed by atoms with Gasteiger partial charge in [-0.1, -0.05) is 176 Å². The van der Waals surface area contributed by atoms with Gasteiger partial charge in [-0.15, -0.1) is 12.8 Å². The predicted molar refractivity (Wildman–Crippen MR) is 423 cm³/mol. The summed E-state index contributed by atoms with van der Waals surface area (Å²) in [6.07, 6.45) is 9.86. The summed E-state index contributed by atoms with van der Waals surface area (Å²) >= 11 is 0. The van der Waals surface area contributed by atoms with Gasteiger partial charge in [-0.05, 0) is 172 Å². The zero-order valence-corrected chi connectivity index (χ0v) is 54.9. The van der Waals surface area contributed by atoms with Gasteiger partial charge >= 0.3 is 0 Å². The minimum atomic E-state index is 0.689. The third kappa shape index (κ3) is 18.5. The molecule has 0 bridgehead atoms. The minimum absolute atomic E-state index is 0.689. The van der Waals surface area contributed by atoms with E-state index in [1.165, 1.54) is 60.3 Å². The topological polar surface area (TPSA) is 35.6 Å². The largest absolute Gasteiger partial charge is 0.309 e. The molecule has 0 aliphatic rings. The van der Waals surface area contributed by atoms with Crippen LogP contribution in [-0.2, 0) is 0 Å². The van der Waals surface area contributed by atoms with Gasteiger partial charge in [0.15, 0.2) is 5.82 Å². The summed E-state index contributed by atoms with van der Waals surface area (Å²) in [5, 5.41) is 4.93. The van der Waals surface area contributed by atoms with E-state index >= 15 is 0 Å². The van der Waals surface area contributed by atoms with Crippen molar-refractivity contribution < 1.29 is 0 Å². The molecule has 104 heavy (non-hydrogen) atoms. The van der Waals surface area contributed by atoms with E-state index in [1.807, 2.05) is 6.07 Å². The van der Waals surface area contributed by atoms with Gasteiger partial charge < -0.3 is 9.13 Å². The van der Waals surface area contributed by atoms with Crippen molar-refractivity contribution in [3.05, 3.63) is 231 Å². The number of hydrogen-bond acceptors (Lipinski definition) is 2. The molecule has 0 atom stereocenters. The van der Waals surface area contributed by atoms with Crippen LogP contribution in [0.15, 0.2) is 231 Å². The molecule has 0 unspecified atom stereocenters. The van der Waals surface area contributed by atoms with Crippen LogP contribution < -0.4 is 0 Å². The first-order valence-electron chi connectivity index (χ1n) is 31.4. The molecule has 4 heteroatoms. The minimum Gasteiger partial charge on any atom is -0.309 e. The van der Waals surface area contributed by atoms with Gasteiger partial charge in [-0.2, -0.15) is 0 Å². The van der Waals surface area contributed by atoms with E-state index in [-0.39, 0.29) is 0 Å². The summed E-state index contributed by atoms with van der Waals surface area (Å²) in [6, 6.07) is 82.0. The van der Waals surface area contributed by atoms with Crippen LogP contribution in [0.2, 0.25) is 0 Å². The highest BCUT2D eigenvalue weighted by atomic mass is 15.0. The number of nitrogens with zero attached hydrogens (tertiary/aromatic N) is 4. The number of aromatic nitrogens is 4. The molecule has 12 aromatic rings. The van der Waals surface area contributed by atoms with Crippen molar-refractivity contribution in [3.63, 3.8) is 0 Å². The Kier molecular flexibility index (Phi) is 24.1. The molecule has 0 N–H and O–H groups in total. The van der Waals surface area contributed by atoms with Crippen LogP contribution >= 0.6 is 0 Å². The van der Waals surface area contributed by atoms with Crippen molar-refractivity contribution in [2.45, 2.75) is 0 Å². The van der Waals surface area contributed by atoms with Crippen molar-refractivity contribution in [1.29, 1.82) is 0 Å². The fourth-order valence-electron chi connectivity index (χ4n) is 10.4. The fraction of sp³-hybridized carbons (Fsp3) is 0. The smallest absolute Gasteiger partial charge is 0.160 e. The standard InChI is InChI=1S/C58H38N4.C42H2/c1-4-15-39(16-5-1)44-19-14-20-45(37-44)40-27-29-43(30-28-40)58-59-51(41-17-6-2-7-18-41)38-52(60-58)42-31-33-47(34-32-42)62-53-25-12-10-23-48(53)49-35-36-55-56(57(49)62)50-24-11-13-26-54(50)61(55)46-21-8-3-9-22-46;1-3-5-7-9-11-13-15-17-19-21-23-25-27-29-31-33-35-37-39-41-42-40-38-36-34-32-30-28-26-24-22-20-18-16-14-12-10-8-6-4-2/h1-38H;1-2H. The van der Waals surface area contributed by atoms with Gasteiger partial charge in [0, 0.05) is 192 Å². The number of para-hydroxylation sites is 3. The molecule has 3 aromatic heterocycles. The van der Waals surface area contributed by atoms with Gasteiger partial charge in [0.25, 0.3) is 0 Å². The summed E-state index contributed by atoms with van der Waals surface area (Å²) in [4.78, 5) is 10.4. The number of benzene rings is 9. The lowest BCUT2D eigenvalue weighted by Crippen LogP contribution is -1.97. The molecule has 0 fully saturated rings. The molecule has 0 aliphatic heterocycles. The van der Waals surface area contributed by atoms with E-state index in [1.54, 1.807) is 0 Å². The Balaban J connectivity index is 0.000000228. The molecule has 4 nitrogen and oxygen atoms in total. The van der Waals surface area contributed by atoms with Crippen LogP contribution in [0, 0.1) is 250 Å². The summed E-state index contributed by atoms with van der Waals surface area (Å²) in [5.41, 5.74) is 16.5. The maximum atomic E-state index is 5.23. The van der Waals surface area contributed by atoms with Gasteiger partial charge in [0.2, 0.25) is 0 Å². The van der Waals surface area contributed by atoms with Crippen LogP contribution in [0.25, 0.3) is 111 Å². The van der Waals surface area contributed by atoms with Crippen LogP contribution in [0.1, 0.15) is 0 Å². The molecule has 0 saturated heterocycles. The highest BCUT2D eigenvalue weighted by molar-refractivity contribution is 6.26. The first kappa shape index (κ1) is 67.8. The molecule has 9 aromatic carbocycles. The average molecular weight is 1300 g/mol. The Bertz CT molecular complexity index is 6710. The third-order valence-corrected chi connectivity index (χ3v) is 14.6. The van der Waals surface area contributed by atoms with E-state index in [2.05, 4.69) is 470 Å². The Labute approximate surface area is 606 Å². The lowest BCUT2D eigenvalue weighted by Gasteiger charge is -2.12. The van der Waals surface area contributed by atoms with Gasteiger partial charge in [-0.3, -0.25) is 0 Å². The van der Waals surface area contributed by atoms with Crippen LogP contribution in [0.5, 0.6) is 0 Å². The van der Waals surface area contributed by atoms with E-state index < -0.39 is 0 Å². The molecular weight excluding hydrogens is 1260 g/mol. The highest BCUT2D eigenvalue weighted by Gasteiger charge is 2.21. The quantitative estimate of drug-likeness (QED) is 0.149. The number of hydrogen-bond donors (Lipinski definition) is 0. The highest BCUT2D eigenvalue weighted by Crippen LogP contribution is 2.42. The van der Waals surface area contributed by atoms with E-state index in [9.17, 15) is 0 Å². The second-order valence-corrected chi connectivity index (χ2v) is 20.8. The van der Waals surface area contributed by atoms with E-state index in [0.29, 0.717) is 5.82 Å². The monoisotopic (exact) mass is 1300 g/mol. The summed E-state index contributed by atoms with van der Waals surface area (Å²) in [5.74, 6) is 98.8. The number of terminal acetylenes is 2. The average Bonchev–Trinajstić information content (AvgIpc) is 1.55. The molecule has 12 rings (SSSR count). The predicted octanol–water partition coefficient (Wildman–Crippen LogP) is 15.3. The maximum Gasteiger partial charge on any atom is 0.160 e. The van der Waals surface area contributed by atoms with E-state index in [4.69, 9.17) is 22.8 Å². The van der Waals surface area contributed by atoms with Crippen molar-refractivity contribution >= 4 is 43.6 Å². The van der Waals surface area contributed by atoms with Crippen molar-refractivity contribution in [2.24, 2.45) is 0 Å². The molecular formula is C100H40N4. The SMILES string of the molecule is C#CC#CC#CC#CC#CC#CC#CC#CC#CC#CC#CC#CC#CC#CC#CC#CC#CC#CC#CC#CC#C.c1ccc(-c2cccc(-c3ccc(-c4nc(-c5ccccc5)cc(-c5ccc(-n6c7ccccc7c7ccc8c(c9ccccc9n8-c8ccccc8)c76)cc5)n4)cc3)c2)cc1. The van der Waals surface area contributed by atoms with Crippen molar-refractivity contribution in [3.8, 4) is 317 Å². The summed E-state index contributed by atoms with van der Waals surface area (Å²) < 4.78 is 4.83. The number of rotatable bonds is 7. The van der Waals surface area contributed by atoms with Gasteiger partial charge in [-0.25, -0.2) is 9.97 Å². The van der Waals surface area contributed by atoms with Crippen molar-refractivity contribution in [1.82, 2.24) is 19.1 Å². The Hall–Kier alpha value is -17.6. The summed E-state index contributed by atoms with van der Waals surface area (Å²) in [6.45, 7) is 0. The second kappa shape index (κ2) is 36.9.